The van der Waals surface area contributed by atoms with Crippen molar-refractivity contribution in [2.45, 2.75) is 0 Å². The van der Waals surface area contributed by atoms with Crippen molar-refractivity contribution in [1.29, 1.82) is 0 Å². The molecular formula is C13H13ClN4O. The number of nitrogens with two attached hydrogens (primary N) is 1. The van der Waals surface area contributed by atoms with E-state index in [9.17, 15) is 0 Å². The van der Waals surface area contributed by atoms with E-state index < -0.39 is 0 Å². The van der Waals surface area contributed by atoms with E-state index in [-0.39, 0.29) is 0 Å². The van der Waals surface area contributed by atoms with E-state index in [0.29, 0.717) is 16.6 Å². The van der Waals surface area contributed by atoms with Gasteiger partial charge >= 0.3 is 0 Å². The molecule has 0 spiro atoms. The maximum atomic E-state index is 6.10. The van der Waals surface area contributed by atoms with Crippen LogP contribution in [-0.4, -0.2) is 21.9 Å². The minimum absolute atomic E-state index is 0.573. The lowest BCUT2D eigenvalue weighted by atomic mass is 10.1. The molecule has 0 aliphatic heterocycles. The summed E-state index contributed by atoms with van der Waals surface area (Å²) >= 11 is 6.10. The van der Waals surface area contributed by atoms with Crippen LogP contribution in [0.5, 0.6) is 5.75 Å². The molecule has 0 aliphatic carbocycles. The van der Waals surface area contributed by atoms with Crippen LogP contribution in [0.3, 0.4) is 0 Å². The van der Waals surface area contributed by atoms with Crippen molar-refractivity contribution >= 4 is 28.3 Å². The van der Waals surface area contributed by atoms with Gasteiger partial charge in [-0.05, 0) is 12.1 Å². The number of methoxy groups -OCH3 is 1. The van der Waals surface area contributed by atoms with Gasteiger partial charge in [0.05, 0.1) is 17.8 Å². The van der Waals surface area contributed by atoms with Crippen LogP contribution in [0.15, 0.2) is 24.4 Å². The number of aromatic amines is 1. The predicted molar refractivity (Wildman–Crippen MR) is 76.5 cm³/mol. The van der Waals surface area contributed by atoms with E-state index in [1.807, 2.05) is 31.4 Å². The van der Waals surface area contributed by atoms with Crippen LogP contribution in [0, 0.1) is 0 Å². The molecule has 19 heavy (non-hydrogen) atoms. The molecule has 3 rings (SSSR count). The number of anilines is 1. The lowest BCUT2D eigenvalue weighted by molar-refractivity contribution is 0.415. The second kappa shape index (κ2) is 4.20. The molecule has 0 unspecified atom stereocenters. The third-order valence-corrected chi connectivity index (χ3v) is 3.44. The fourth-order valence-electron chi connectivity index (χ4n) is 2.10. The van der Waals surface area contributed by atoms with Crippen LogP contribution < -0.4 is 10.5 Å². The molecule has 2 aromatic heterocycles. The quantitative estimate of drug-likeness (QED) is 0.756. The maximum Gasteiger partial charge on any atom is 0.138 e. The van der Waals surface area contributed by atoms with Crippen LogP contribution in [0.25, 0.3) is 22.2 Å². The van der Waals surface area contributed by atoms with E-state index >= 15 is 0 Å². The smallest absolute Gasteiger partial charge is 0.138 e. The molecule has 3 N–H and O–H groups in total. The number of benzene rings is 1. The fourth-order valence-corrected chi connectivity index (χ4v) is 2.35. The Bertz CT molecular complexity index is 740. The molecule has 0 bridgehead atoms. The first-order valence-electron chi connectivity index (χ1n) is 5.74. The van der Waals surface area contributed by atoms with E-state index in [1.165, 1.54) is 0 Å². The molecule has 3 aromatic rings. The van der Waals surface area contributed by atoms with Crippen molar-refractivity contribution in [2.75, 3.05) is 12.8 Å². The Balaban J connectivity index is 2.24. The summed E-state index contributed by atoms with van der Waals surface area (Å²) in [4.78, 5) is 3.18. The van der Waals surface area contributed by atoms with Gasteiger partial charge in [0, 0.05) is 35.8 Å². The Morgan fingerprint density at radius 1 is 1.37 bits per heavy atom. The van der Waals surface area contributed by atoms with Gasteiger partial charge in [0.1, 0.15) is 11.6 Å². The van der Waals surface area contributed by atoms with Crippen molar-refractivity contribution < 1.29 is 4.74 Å². The Hall–Kier alpha value is -2.14. The number of nitrogens with zero attached hydrogens (tertiary/aromatic N) is 2. The number of ether oxygens (including phenoxy) is 1. The SMILES string of the molecule is COc1cc2c(-c3cc(N)n(C)n3)c[nH]c2cc1Cl. The maximum absolute atomic E-state index is 6.10. The van der Waals surface area contributed by atoms with Crippen LogP contribution >= 0.6 is 11.6 Å². The van der Waals surface area contributed by atoms with E-state index in [0.717, 1.165) is 22.2 Å². The monoisotopic (exact) mass is 276 g/mol. The lowest BCUT2D eigenvalue weighted by Gasteiger charge is -2.03. The number of rotatable bonds is 2. The zero-order chi connectivity index (χ0) is 13.6. The molecule has 98 valence electrons. The second-order valence-corrected chi connectivity index (χ2v) is 4.72. The number of H-pyrrole nitrogens is 1. The first kappa shape index (κ1) is 11.9. The first-order valence-corrected chi connectivity index (χ1v) is 6.12. The largest absolute Gasteiger partial charge is 0.495 e. The van der Waals surface area contributed by atoms with E-state index in [1.54, 1.807) is 11.8 Å². The summed E-state index contributed by atoms with van der Waals surface area (Å²) < 4.78 is 6.89. The molecule has 6 heteroatoms. The highest BCUT2D eigenvalue weighted by Crippen LogP contribution is 2.35. The van der Waals surface area contributed by atoms with Gasteiger partial charge in [-0.3, -0.25) is 4.68 Å². The standard InChI is InChI=1S/C13H13ClN4O/c1-18-13(15)5-11(17-18)8-6-16-10-4-9(14)12(19-2)3-7(8)10/h3-6,16H,15H2,1-2H3. The van der Waals surface area contributed by atoms with Crippen LogP contribution in [0.4, 0.5) is 5.82 Å². The highest BCUT2D eigenvalue weighted by molar-refractivity contribution is 6.33. The molecule has 5 nitrogen and oxygen atoms in total. The molecule has 0 aliphatic rings. The molecule has 0 saturated carbocycles. The van der Waals surface area contributed by atoms with Crippen LogP contribution in [0.2, 0.25) is 5.02 Å². The molecule has 0 atom stereocenters. The topological polar surface area (TPSA) is 68.9 Å². The number of aryl methyl sites for hydroxylation is 1. The number of nitrogens with one attached hydrogen (secondary N) is 1. The normalized spacial score (nSPS) is 11.1. The molecule has 0 radical (unpaired) electrons. The average molecular weight is 277 g/mol. The van der Waals surface area contributed by atoms with Gasteiger partial charge in [0.15, 0.2) is 0 Å². The number of aromatic nitrogens is 3. The Labute approximate surface area is 114 Å². The predicted octanol–water partition coefficient (Wildman–Crippen LogP) is 2.81. The van der Waals surface area contributed by atoms with Crippen LogP contribution in [0.1, 0.15) is 0 Å². The minimum Gasteiger partial charge on any atom is -0.495 e. The Kier molecular flexibility index (Phi) is 2.64. The van der Waals surface area contributed by atoms with Gasteiger partial charge in [-0.2, -0.15) is 5.10 Å². The summed E-state index contributed by atoms with van der Waals surface area (Å²) in [5.74, 6) is 1.25. The summed E-state index contributed by atoms with van der Waals surface area (Å²) in [5, 5.41) is 5.95. The Morgan fingerprint density at radius 3 is 2.79 bits per heavy atom. The zero-order valence-corrected chi connectivity index (χ0v) is 11.3. The van der Waals surface area contributed by atoms with E-state index in [2.05, 4.69) is 10.1 Å². The minimum atomic E-state index is 0.573. The molecule has 1 aromatic carbocycles. The first-order chi connectivity index (χ1) is 9.10. The summed E-state index contributed by atoms with van der Waals surface area (Å²) in [6.07, 6.45) is 1.89. The van der Waals surface area contributed by atoms with Gasteiger partial charge in [0.2, 0.25) is 0 Å². The van der Waals surface area contributed by atoms with Crippen molar-refractivity contribution in [1.82, 2.24) is 14.8 Å². The van der Waals surface area contributed by atoms with Crippen molar-refractivity contribution in [3.63, 3.8) is 0 Å². The highest BCUT2D eigenvalue weighted by Gasteiger charge is 2.13. The van der Waals surface area contributed by atoms with Gasteiger partial charge in [-0.1, -0.05) is 11.6 Å². The third kappa shape index (κ3) is 1.82. The summed E-state index contributed by atoms with van der Waals surface area (Å²) in [6.45, 7) is 0. The number of fused-ring (bicyclic) bond motifs is 1. The number of nitrogen functional groups attached to an aromatic ring is 1. The van der Waals surface area contributed by atoms with Gasteiger partial charge < -0.3 is 15.5 Å². The molecular weight excluding hydrogens is 264 g/mol. The summed E-state index contributed by atoms with van der Waals surface area (Å²) in [5.41, 5.74) is 8.54. The van der Waals surface area contributed by atoms with Crippen molar-refractivity contribution in [3.8, 4) is 17.0 Å². The summed E-state index contributed by atoms with van der Waals surface area (Å²) in [7, 11) is 3.41. The average Bonchev–Trinajstić information content (AvgIpc) is 2.92. The zero-order valence-electron chi connectivity index (χ0n) is 10.6. The van der Waals surface area contributed by atoms with Gasteiger partial charge in [-0.25, -0.2) is 0 Å². The summed E-state index contributed by atoms with van der Waals surface area (Å²) in [6, 6.07) is 5.57. The molecule has 0 saturated heterocycles. The van der Waals surface area contributed by atoms with Crippen molar-refractivity contribution in [3.05, 3.63) is 29.4 Å². The number of hydrogen-bond donors (Lipinski definition) is 2. The number of halogens is 1. The molecule has 0 amide bonds. The molecule has 2 heterocycles. The number of hydrogen-bond acceptors (Lipinski definition) is 3. The highest BCUT2D eigenvalue weighted by atomic mass is 35.5. The third-order valence-electron chi connectivity index (χ3n) is 3.15. The molecule has 0 fully saturated rings. The lowest BCUT2D eigenvalue weighted by Crippen LogP contribution is -1.96. The van der Waals surface area contributed by atoms with Gasteiger partial charge in [-0.15, -0.1) is 0 Å². The fraction of sp³-hybridized carbons (Fsp3) is 0.154. The van der Waals surface area contributed by atoms with Gasteiger partial charge in [0.25, 0.3) is 0 Å². The second-order valence-electron chi connectivity index (χ2n) is 4.31. The van der Waals surface area contributed by atoms with E-state index in [4.69, 9.17) is 22.1 Å². The Morgan fingerprint density at radius 2 is 2.16 bits per heavy atom. The van der Waals surface area contributed by atoms with Crippen LogP contribution in [-0.2, 0) is 7.05 Å². The van der Waals surface area contributed by atoms with Crippen molar-refractivity contribution in [2.24, 2.45) is 7.05 Å².